The summed E-state index contributed by atoms with van der Waals surface area (Å²) in [6.07, 6.45) is 1.62. The van der Waals surface area contributed by atoms with Crippen molar-refractivity contribution in [2.24, 2.45) is 0 Å². The Balaban J connectivity index is 1.90. The Labute approximate surface area is 119 Å². The topological polar surface area (TPSA) is 38.3 Å². The van der Waals surface area contributed by atoms with E-state index in [0.29, 0.717) is 13.0 Å². The summed E-state index contributed by atoms with van der Waals surface area (Å²) in [4.78, 5) is 10.8. The molecular formula is C17H19NO2. The summed E-state index contributed by atoms with van der Waals surface area (Å²) in [5.41, 5.74) is 2.26. The number of hydrogen-bond donors (Lipinski definition) is 1. The van der Waals surface area contributed by atoms with Crippen LogP contribution in [0.1, 0.15) is 11.1 Å². The van der Waals surface area contributed by atoms with Gasteiger partial charge in [0.15, 0.2) is 0 Å². The Morgan fingerprint density at radius 2 is 1.75 bits per heavy atom. The van der Waals surface area contributed by atoms with Crippen molar-refractivity contribution in [3.05, 3.63) is 65.7 Å². The van der Waals surface area contributed by atoms with Crippen molar-refractivity contribution >= 4 is 6.29 Å². The summed E-state index contributed by atoms with van der Waals surface area (Å²) in [7, 11) is 1.79. The van der Waals surface area contributed by atoms with Gasteiger partial charge >= 0.3 is 0 Å². The van der Waals surface area contributed by atoms with Gasteiger partial charge in [-0.25, -0.2) is 0 Å². The van der Waals surface area contributed by atoms with Gasteiger partial charge in [-0.2, -0.15) is 0 Å². The monoisotopic (exact) mass is 269 g/mol. The third-order valence-electron chi connectivity index (χ3n) is 3.16. The fourth-order valence-electron chi connectivity index (χ4n) is 1.93. The van der Waals surface area contributed by atoms with Gasteiger partial charge in [-0.3, -0.25) is 0 Å². The van der Waals surface area contributed by atoms with Crippen LogP contribution in [0.2, 0.25) is 0 Å². The lowest BCUT2D eigenvalue weighted by Crippen LogP contribution is -2.28. The van der Waals surface area contributed by atoms with Gasteiger partial charge in [0.25, 0.3) is 0 Å². The van der Waals surface area contributed by atoms with E-state index in [4.69, 9.17) is 4.74 Å². The molecule has 0 aromatic heterocycles. The fourth-order valence-corrected chi connectivity index (χ4v) is 1.93. The van der Waals surface area contributed by atoms with Gasteiger partial charge in [-0.05, 0) is 36.7 Å². The smallest absolute Gasteiger partial charge is 0.137 e. The van der Waals surface area contributed by atoms with E-state index in [9.17, 15) is 4.79 Å². The van der Waals surface area contributed by atoms with Crippen molar-refractivity contribution in [3.63, 3.8) is 0 Å². The van der Waals surface area contributed by atoms with Crippen LogP contribution in [0.15, 0.2) is 54.6 Å². The van der Waals surface area contributed by atoms with Crippen LogP contribution in [0.3, 0.4) is 0 Å². The van der Waals surface area contributed by atoms with E-state index in [0.717, 1.165) is 23.2 Å². The number of carbonyl (C=O) groups excluding carboxylic acids is 1. The van der Waals surface area contributed by atoms with Crippen molar-refractivity contribution < 1.29 is 9.53 Å². The first kappa shape index (κ1) is 14.3. The molecule has 20 heavy (non-hydrogen) atoms. The number of benzene rings is 2. The molecule has 0 radical (unpaired) electrons. The second kappa shape index (κ2) is 7.46. The van der Waals surface area contributed by atoms with E-state index >= 15 is 0 Å². The lowest BCUT2D eigenvalue weighted by atomic mass is 10.1. The summed E-state index contributed by atoms with van der Waals surface area (Å²) in [6.45, 7) is 0.563. The van der Waals surface area contributed by atoms with E-state index in [1.807, 2.05) is 54.6 Å². The molecule has 0 aliphatic carbocycles. The molecule has 1 N–H and O–H groups in total. The van der Waals surface area contributed by atoms with Crippen molar-refractivity contribution in [2.75, 3.05) is 7.05 Å². The van der Waals surface area contributed by atoms with Crippen molar-refractivity contribution in [1.29, 1.82) is 0 Å². The van der Waals surface area contributed by atoms with Crippen LogP contribution in [0.25, 0.3) is 0 Å². The highest BCUT2D eigenvalue weighted by Gasteiger charge is 2.05. The molecule has 0 aliphatic rings. The maximum Gasteiger partial charge on any atom is 0.137 e. The Morgan fingerprint density at radius 1 is 1.05 bits per heavy atom. The van der Waals surface area contributed by atoms with E-state index < -0.39 is 0 Å². The summed E-state index contributed by atoms with van der Waals surface area (Å²) in [6, 6.07) is 17.8. The minimum Gasteiger partial charge on any atom is -0.489 e. The molecule has 0 fully saturated rings. The first-order valence-electron chi connectivity index (χ1n) is 6.70. The standard InChI is InChI=1S/C17H19NO2/c1-18-16(12-19)11-14-7-9-17(10-8-14)20-13-15-5-3-2-4-6-15/h2-10,12,16,18H,11,13H2,1H3/t16-/m1/s1. The summed E-state index contributed by atoms with van der Waals surface area (Å²) >= 11 is 0. The molecule has 0 amide bonds. The normalized spacial score (nSPS) is 11.8. The minimum atomic E-state index is -0.133. The highest BCUT2D eigenvalue weighted by Crippen LogP contribution is 2.15. The molecule has 0 heterocycles. The van der Waals surface area contributed by atoms with E-state index in [2.05, 4.69) is 5.32 Å². The zero-order valence-electron chi connectivity index (χ0n) is 11.6. The quantitative estimate of drug-likeness (QED) is 0.785. The second-order valence-corrected chi connectivity index (χ2v) is 4.65. The molecule has 0 saturated carbocycles. The van der Waals surface area contributed by atoms with Crippen LogP contribution in [-0.2, 0) is 17.8 Å². The van der Waals surface area contributed by atoms with Crippen molar-refractivity contribution in [2.45, 2.75) is 19.1 Å². The average molecular weight is 269 g/mol. The van der Waals surface area contributed by atoms with Gasteiger partial charge < -0.3 is 14.8 Å². The fraction of sp³-hybridized carbons (Fsp3) is 0.235. The maximum atomic E-state index is 10.8. The van der Waals surface area contributed by atoms with Crippen LogP contribution in [0.5, 0.6) is 5.75 Å². The average Bonchev–Trinajstić information content (AvgIpc) is 2.53. The van der Waals surface area contributed by atoms with Crippen LogP contribution in [0, 0.1) is 0 Å². The molecule has 0 unspecified atom stereocenters. The maximum absolute atomic E-state index is 10.8. The number of rotatable bonds is 7. The predicted molar refractivity (Wildman–Crippen MR) is 79.8 cm³/mol. The summed E-state index contributed by atoms with van der Waals surface area (Å²) in [5, 5.41) is 2.96. The Kier molecular flexibility index (Phi) is 5.33. The van der Waals surface area contributed by atoms with E-state index in [1.165, 1.54) is 0 Å². The highest BCUT2D eigenvalue weighted by molar-refractivity contribution is 5.58. The molecule has 0 saturated heterocycles. The number of aldehydes is 1. The Morgan fingerprint density at radius 3 is 2.35 bits per heavy atom. The molecule has 3 heteroatoms. The Hall–Kier alpha value is -2.13. The first-order chi connectivity index (χ1) is 9.81. The van der Waals surface area contributed by atoms with Gasteiger partial charge in [0, 0.05) is 0 Å². The molecule has 2 aromatic rings. The zero-order chi connectivity index (χ0) is 14.2. The molecule has 104 valence electrons. The van der Waals surface area contributed by atoms with Gasteiger partial charge in [-0.15, -0.1) is 0 Å². The number of ether oxygens (including phenoxy) is 1. The third kappa shape index (κ3) is 4.21. The molecule has 2 rings (SSSR count). The van der Waals surface area contributed by atoms with Gasteiger partial charge in [0.05, 0.1) is 6.04 Å². The van der Waals surface area contributed by atoms with E-state index in [1.54, 1.807) is 7.05 Å². The molecule has 0 bridgehead atoms. The molecule has 2 aromatic carbocycles. The van der Waals surface area contributed by atoms with Crippen molar-refractivity contribution in [1.82, 2.24) is 5.32 Å². The second-order valence-electron chi connectivity index (χ2n) is 4.65. The summed E-state index contributed by atoms with van der Waals surface area (Å²) < 4.78 is 5.72. The zero-order valence-corrected chi connectivity index (χ0v) is 11.6. The largest absolute Gasteiger partial charge is 0.489 e. The van der Waals surface area contributed by atoms with Gasteiger partial charge in [0.1, 0.15) is 18.6 Å². The molecule has 3 nitrogen and oxygen atoms in total. The van der Waals surface area contributed by atoms with Crippen LogP contribution < -0.4 is 10.1 Å². The molecular weight excluding hydrogens is 250 g/mol. The van der Waals surface area contributed by atoms with Crippen LogP contribution in [0.4, 0.5) is 0 Å². The van der Waals surface area contributed by atoms with Crippen LogP contribution >= 0.6 is 0 Å². The first-order valence-corrected chi connectivity index (χ1v) is 6.70. The molecule has 0 spiro atoms. The lowest BCUT2D eigenvalue weighted by Gasteiger charge is -2.10. The third-order valence-corrected chi connectivity index (χ3v) is 3.16. The Bertz CT molecular complexity index is 522. The lowest BCUT2D eigenvalue weighted by molar-refractivity contribution is -0.109. The number of nitrogens with one attached hydrogen (secondary N) is 1. The number of carbonyl (C=O) groups is 1. The van der Waals surface area contributed by atoms with Crippen molar-refractivity contribution in [3.8, 4) is 5.75 Å². The van der Waals surface area contributed by atoms with Gasteiger partial charge in [0.2, 0.25) is 0 Å². The highest BCUT2D eigenvalue weighted by atomic mass is 16.5. The predicted octanol–water partition coefficient (Wildman–Crippen LogP) is 2.60. The molecule has 0 aliphatic heterocycles. The number of likely N-dealkylation sites (N-methyl/N-ethyl adjacent to an activating group) is 1. The van der Waals surface area contributed by atoms with Crippen LogP contribution in [-0.4, -0.2) is 19.4 Å². The summed E-state index contributed by atoms with van der Waals surface area (Å²) in [5.74, 6) is 0.838. The van der Waals surface area contributed by atoms with Gasteiger partial charge in [-0.1, -0.05) is 42.5 Å². The van der Waals surface area contributed by atoms with E-state index in [-0.39, 0.29) is 6.04 Å². The SMILES string of the molecule is CN[C@@H](C=O)Cc1ccc(OCc2ccccc2)cc1. The minimum absolute atomic E-state index is 0.133. The number of hydrogen-bond acceptors (Lipinski definition) is 3. The molecule has 1 atom stereocenters.